The smallest absolute Gasteiger partial charge is 0.0992 e. The molecular weight excluding hydrogens is 292 g/mol. The van der Waals surface area contributed by atoms with E-state index in [-0.39, 0.29) is 0 Å². The fraction of sp³-hybridized carbons (Fsp3) is 0. The molecule has 2 rings (SSSR count). The third-order valence-electron chi connectivity index (χ3n) is 2.46. The van der Waals surface area contributed by atoms with Crippen LogP contribution in [0.4, 0.5) is 22.7 Å². The summed E-state index contributed by atoms with van der Waals surface area (Å²) in [6.07, 6.45) is 0. The molecule has 0 aromatic heterocycles. The molecule has 0 aliphatic heterocycles. The third-order valence-corrected chi connectivity index (χ3v) is 3.12. The minimum atomic E-state index is 0.532. The van der Waals surface area contributed by atoms with E-state index in [4.69, 9.17) is 16.7 Å². The summed E-state index contributed by atoms with van der Waals surface area (Å²) < 4.78 is 0.817. The summed E-state index contributed by atoms with van der Waals surface area (Å²) in [4.78, 5) is 0. The summed E-state index contributed by atoms with van der Waals surface area (Å²) in [5, 5.41) is 12.0. The molecule has 0 aliphatic carbocycles. The topological polar surface area (TPSA) is 87.9 Å². The monoisotopic (exact) mass is 302 g/mol. The van der Waals surface area contributed by atoms with Crippen molar-refractivity contribution in [2.45, 2.75) is 0 Å². The quantitative estimate of drug-likeness (QED) is 0.743. The van der Waals surface area contributed by atoms with Crippen molar-refractivity contribution in [3.8, 4) is 6.07 Å². The van der Waals surface area contributed by atoms with Crippen LogP contribution in [-0.2, 0) is 0 Å². The number of nitriles is 1. The van der Waals surface area contributed by atoms with E-state index in [1.807, 2.05) is 12.1 Å². The number of nitrogens with two attached hydrogens (primary N) is 2. The Hall–Kier alpha value is -2.19. The Balaban J connectivity index is 2.29. The van der Waals surface area contributed by atoms with Gasteiger partial charge in [0.05, 0.1) is 28.7 Å². The highest BCUT2D eigenvalue weighted by Gasteiger charge is 2.03. The van der Waals surface area contributed by atoms with Crippen molar-refractivity contribution in [2.24, 2.45) is 0 Å². The molecule has 2 aromatic carbocycles. The lowest BCUT2D eigenvalue weighted by molar-refractivity contribution is 1.46. The van der Waals surface area contributed by atoms with Crippen LogP contribution in [0.2, 0.25) is 0 Å². The first-order chi connectivity index (χ1) is 8.60. The SMILES string of the molecule is N#Cc1ccc(Nc2ccc(N)c(N)c2)c(Br)c1. The number of nitrogens with one attached hydrogen (secondary N) is 1. The molecule has 0 bridgehead atoms. The summed E-state index contributed by atoms with van der Waals surface area (Å²) in [6, 6.07) is 12.8. The summed E-state index contributed by atoms with van der Waals surface area (Å²) in [5.74, 6) is 0. The van der Waals surface area contributed by atoms with Gasteiger partial charge in [-0.15, -0.1) is 0 Å². The van der Waals surface area contributed by atoms with Crippen molar-refractivity contribution in [2.75, 3.05) is 16.8 Å². The lowest BCUT2D eigenvalue weighted by atomic mass is 10.2. The number of halogens is 1. The first-order valence-electron chi connectivity index (χ1n) is 5.22. The zero-order valence-electron chi connectivity index (χ0n) is 9.44. The van der Waals surface area contributed by atoms with Crippen LogP contribution in [0.25, 0.3) is 0 Å². The Bertz CT molecular complexity index is 631. The average Bonchev–Trinajstić information content (AvgIpc) is 2.36. The molecule has 18 heavy (non-hydrogen) atoms. The normalized spacial score (nSPS) is 9.78. The molecule has 0 saturated carbocycles. The Labute approximate surface area is 113 Å². The zero-order valence-corrected chi connectivity index (χ0v) is 11.0. The van der Waals surface area contributed by atoms with Gasteiger partial charge in [0, 0.05) is 10.2 Å². The van der Waals surface area contributed by atoms with Crippen LogP contribution in [0.15, 0.2) is 40.9 Å². The number of rotatable bonds is 2. The van der Waals surface area contributed by atoms with E-state index < -0.39 is 0 Å². The van der Waals surface area contributed by atoms with Gasteiger partial charge in [0.15, 0.2) is 0 Å². The standard InChI is InChI=1S/C13H11BrN4/c14-10-5-8(7-15)1-4-13(10)18-9-2-3-11(16)12(17)6-9/h1-6,18H,16-17H2. The summed E-state index contributed by atoms with van der Waals surface area (Å²) in [6.45, 7) is 0. The van der Waals surface area contributed by atoms with Gasteiger partial charge in [-0.25, -0.2) is 0 Å². The number of anilines is 4. The second kappa shape index (κ2) is 4.98. The van der Waals surface area contributed by atoms with E-state index >= 15 is 0 Å². The lowest BCUT2D eigenvalue weighted by Gasteiger charge is -2.10. The van der Waals surface area contributed by atoms with Crippen LogP contribution >= 0.6 is 15.9 Å². The van der Waals surface area contributed by atoms with Gasteiger partial charge >= 0.3 is 0 Å². The molecule has 0 fully saturated rings. The van der Waals surface area contributed by atoms with E-state index in [2.05, 4.69) is 27.3 Å². The van der Waals surface area contributed by atoms with Crippen LogP contribution in [0, 0.1) is 11.3 Å². The number of nitrogen functional groups attached to an aromatic ring is 2. The van der Waals surface area contributed by atoms with Crippen molar-refractivity contribution < 1.29 is 0 Å². The minimum Gasteiger partial charge on any atom is -0.397 e. The highest BCUT2D eigenvalue weighted by atomic mass is 79.9. The second-order valence-corrected chi connectivity index (χ2v) is 4.63. The minimum absolute atomic E-state index is 0.532. The highest BCUT2D eigenvalue weighted by molar-refractivity contribution is 9.10. The van der Waals surface area contributed by atoms with Gasteiger partial charge in [0.25, 0.3) is 0 Å². The van der Waals surface area contributed by atoms with Gasteiger partial charge in [-0.3, -0.25) is 0 Å². The van der Waals surface area contributed by atoms with Gasteiger partial charge in [0.1, 0.15) is 0 Å². The van der Waals surface area contributed by atoms with Gasteiger partial charge in [0.2, 0.25) is 0 Å². The molecule has 0 spiro atoms. The molecule has 0 atom stereocenters. The molecule has 5 N–H and O–H groups in total. The zero-order chi connectivity index (χ0) is 13.1. The first kappa shape index (κ1) is 12.3. The Morgan fingerprint density at radius 1 is 1.06 bits per heavy atom. The van der Waals surface area contributed by atoms with E-state index in [1.165, 1.54) is 0 Å². The number of hydrogen-bond acceptors (Lipinski definition) is 4. The Morgan fingerprint density at radius 2 is 1.83 bits per heavy atom. The molecule has 4 nitrogen and oxygen atoms in total. The van der Waals surface area contributed by atoms with Crippen LogP contribution in [0.3, 0.4) is 0 Å². The fourth-order valence-electron chi connectivity index (χ4n) is 1.49. The second-order valence-electron chi connectivity index (χ2n) is 3.78. The van der Waals surface area contributed by atoms with Crippen molar-refractivity contribution in [3.63, 3.8) is 0 Å². The Kier molecular flexibility index (Phi) is 3.40. The van der Waals surface area contributed by atoms with Gasteiger partial charge in [-0.2, -0.15) is 5.26 Å². The average molecular weight is 303 g/mol. The first-order valence-corrected chi connectivity index (χ1v) is 6.01. The van der Waals surface area contributed by atoms with Crippen LogP contribution in [0.5, 0.6) is 0 Å². The lowest BCUT2D eigenvalue weighted by Crippen LogP contribution is -1.97. The van der Waals surface area contributed by atoms with E-state index in [0.29, 0.717) is 16.9 Å². The number of benzene rings is 2. The largest absolute Gasteiger partial charge is 0.397 e. The van der Waals surface area contributed by atoms with Gasteiger partial charge < -0.3 is 16.8 Å². The Morgan fingerprint density at radius 3 is 2.44 bits per heavy atom. The predicted molar refractivity (Wildman–Crippen MR) is 77.4 cm³/mol. The molecule has 0 amide bonds. The summed E-state index contributed by atoms with van der Waals surface area (Å²) in [7, 11) is 0. The molecule has 0 heterocycles. The van der Waals surface area contributed by atoms with Crippen LogP contribution in [-0.4, -0.2) is 0 Å². The molecule has 90 valence electrons. The third kappa shape index (κ3) is 2.55. The molecule has 5 heteroatoms. The molecule has 0 unspecified atom stereocenters. The van der Waals surface area contributed by atoms with Crippen molar-refractivity contribution in [1.82, 2.24) is 0 Å². The molecule has 2 aromatic rings. The highest BCUT2D eigenvalue weighted by Crippen LogP contribution is 2.28. The molecule has 0 aliphatic rings. The fourth-order valence-corrected chi connectivity index (χ4v) is 1.97. The summed E-state index contributed by atoms with van der Waals surface area (Å²) >= 11 is 3.41. The van der Waals surface area contributed by atoms with Crippen molar-refractivity contribution in [3.05, 3.63) is 46.4 Å². The van der Waals surface area contributed by atoms with Crippen LogP contribution in [0.1, 0.15) is 5.56 Å². The van der Waals surface area contributed by atoms with E-state index in [0.717, 1.165) is 15.8 Å². The van der Waals surface area contributed by atoms with Crippen LogP contribution < -0.4 is 16.8 Å². The molecular formula is C13H11BrN4. The maximum atomic E-state index is 8.79. The maximum Gasteiger partial charge on any atom is 0.0992 e. The van der Waals surface area contributed by atoms with Gasteiger partial charge in [-0.1, -0.05) is 0 Å². The van der Waals surface area contributed by atoms with Crippen molar-refractivity contribution >= 4 is 38.7 Å². The number of hydrogen-bond donors (Lipinski definition) is 3. The predicted octanol–water partition coefficient (Wildman–Crippen LogP) is 3.23. The van der Waals surface area contributed by atoms with Crippen molar-refractivity contribution in [1.29, 1.82) is 5.26 Å². The maximum absolute atomic E-state index is 8.79. The summed E-state index contributed by atoms with van der Waals surface area (Å²) in [5.41, 5.74) is 14.8. The molecule has 0 saturated heterocycles. The molecule has 0 radical (unpaired) electrons. The number of nitrogens with zero attached hydrogens (tertiary/aromatic N) is 1. The van der Waals surface area contributed by atoms with E-state index in [9.17, 15) is 0 Å². The van der Waals surface area contributed by atoms with Gasteiger partial charge in [-0.05, 0) is 52.3 Å². The van der Waals surface area contributed by atoms with E-state index in [1.54, 1.807) is 24.3 Å².